The van der Waals surface area contributed by atoms with Crippen LogP contribution in [-0.4, -0.2) is 0 Å². The molecule has 0 aliphatic rings. The van der Waals surface area contributed by atoms with E-state index in [1.165, 1.54) is 0 Å². The molecule has 0 amide bonds. The van der Waals surface area contributed by atoms with Crippen LogP contribution in [0.15, 0.2) is 58.8 Å². The molecule has 0 atom stereocenters. The average molecular weight is 262 g/mol. The van der Waals surface area contributed by atoms with Crippen LogP contribution in [-0.2, 0) is 0 Å². The van der Waals surface area contributed by atoms with Crippen molar-refractivity contribution in [1.82, 2.24) is 0 Å². The molecule has 0 bridgehead atoms. The molecule has 2 aromatic rings. The minimum atomic E-state index is 0.542. The Morgan fingerprint density at radius 1 is 0.700 bits per heavy atom. The van der Waals surface area contributed by atoms with Crippen molar-refractivity contribution in [3.8, 4) is 12.4 Å². The second kappa shape index (κ2) is 6.53. The lowest BCUT2D eigenvalue weighted by Crippen LogP contribution is -1.87. The molecule has 20 heavy (non-hydrogen) atoms. The predicted molar refractivity (Wildman–Crippen MR) is 75.5 cm³/mol. The number of para-hydroxylation sites is 2. The fourth-order valence-electron chi connectivity index (χ4n) is 1.56. The van der Waals surface area contributed by atoms with Crippen LogP contribution < -0.4 is 10.6 Å². The number of nitrogens with zero attached hydrogens (tertiary/aromatic N) is 4. The van der Waals surface area contributed by atoms with E-state index in [1.807, 2.05) is 12.4 Å². The summed E-state index contributed by atoms with van der Waals surface area (Å²) in [5.74, 6) is 0. The fourth-order valence-corrected chi connectivity index (χ4v) is 1.56. The molecule has 2 aromatic carbocycles. The Balaban J connectivity index is 2.31. The quantitative estimate of drug-likeness (QED) is 0.496. The van der Waals surface area contributed by atoms with E-state index in [9.17, 15) is 0 Å². The first-order chi connectivity index (χ1) is 9.85. The van der Waals surface area contributed by atoms with Gasteiger partial charge in [0.05, 0.1) is 11.4 Å². The molecule has 0 saturated heterocycles. The van der Waals surface area contributed by atoms with Gasteiger partial charge in [-0.1, -0.05) is 24.3 Å². The van der Waals surface area contributed by atoms with Gasteiger partial charge in [0.2, 0.25) is 0 Å². The van der Waals surface area contributed by atoms with E-state index in [-0.39, 0.29) is 0 Å². The Bertz CT molecular complexity index is 647. The van der Waals surface area contributed by atoms with Crippen LogP contribution in [0.3, 0.4) is 0 Å². The summed E-state index contributed by atoms with van der Waals surface area (Å²) in [6.07, 6.45) is 3.69. The SMILES string of the molecule is N#CNc1ccccc1/N=N/c1ccccc1NC#N. The first-order valence-electron chi connectivity index (χ1n) is 5.75. The Kier molecular flexibility index (Phi) is 4.26. The fraction of sp³-hybridized carbons (Fsp3) is 0. The average Bonchev–Trinajstić information content (AvgIpc) is 2.48. The second-order valence-corrected chi connectivity index (χ2v) is 3.71. The molecule has 0 spiro atoms. The van der Waals surface area contributed by atoms with Gasteiger partial charge in [-0.3, -0.25) is 10.6 Å². The summed E-state index contributed by atoms with van der Waals surface area (Å²) in [7, 11) is 0. The lowest BCUT2D eigenvalue weighted by atomic mass is 10.2. The highest BCUT2D eigenvalue weighted by Gasteiger charge is 2.01. The van der Waals surface area contributed by atoms with Crippen molar-refractivity contribution in [2.75, 3.05) is 10.6 Å². The first-order valence-corrected chi connectivity index (χ1v) is 5.75. The normalized spacial score (nSPS) is 9.70. The third-order valence-corrected chi connectivity index (χ3v) is 2.45. The molecular weight excluding hydrogens is 252 g/mol. The van der Waals surface area contributed by atoms with Gasteiger partial charge in [0.15, 0.2) is 12.4 Å². The minimum Gasteiger partial charge on any atom is -0.291 e. The zero-order chi connectivity index (χ0) is 14.2. The van der Waals surface area contributed by atoms with Gasteiger partial charge in [-0.15, -0.1) is 10.2 Å². The second-order valence-electron chi connectivity index (χ2n) is 3.71. The largest absolute Gasteiger partial charge is 0.291 e. The zero-order valence-electron chi connectivity index (χ0n) is 10.4. The summed E-state index contributed by atoms with van der Waals surface area (Å²) in [5, 5.41) is 30.6. The van der Waals surface area contributed by atoms with Crippen LogP contribution in [0.4, 0.5) is 22.7 Å². The summed E-state index contributed by atoms with van der Waals surface area (Å²) < 4.78 is 0. The number of anilines is 2. The standard InChI is InChI=1S/C14H10N6/c15-9-17-11-5-1-3-7-13(11)19-20-14-8-4-2-6-12(14)18-10-16/h1-8,17-18H/b20-19+. The topological polar surface area (TPSA) is 96.4 Å². The van der Waals surface area contributed by atoms with Gasteiger partial charge >= 0.3 is 0 Å². The monoisotopic (exact) mass is 262 g/mol. The molecule has 96 valence electrons. The van der Waals surface area contributed by atoms with Crippen molar-refractivity contribution in [2.24, 2.45) is 10.2 Å². The molecule has 6 heteroatoms. The van der Waals surface area contributed by atoms with Crippen molar-refractivity contribution < 1.29 is 0 Å². The Hall–Kier alpha value is -3.38. The molecule has 0 heterocycles. The maximum atomic E-state index is 8.66. The third-order valence-electron chi connectivity index (χ3n) is 2.45. The van der Waals surface area contributed by atoms with Crippen molar-refractivity contribution >= 4 is 22.7 Å². The van der Waals surface area contributed by atoms with Gasteiger partial charge in [0.25, 0.3) is 0 Å². The van der Waals surface area contributed by atoms with E-state index in [0.29, 0.717) is 22.7 Å². The molecule has 0 saturated carbocycles. The number of hydrogen-bond acceptors (Lipinski definition) is 6. The summed E-state index contributed by atoms with van der Waals surface area (Å²) in [6, 6.07) is 14.1. The molecule has 0 aliphatic heterocycles. The lowest BCUT2D eigenvalue weighted by molar-refractivity contribution is 1.23. The van der Waals surface area contributed by atoms with Gasteiger partial charge in [0, 0.05) is 0 Å². The van der Waals surface area contributed by atoms with Crippen LogP contribution in [0.1, 0.15) is 0 Å². The van der Waals surface area contributed by atoms with Gasteiger partial charge in [0.1, 0.15) is 11.4 Å². The summed E-state index contributed by atoms with van der Waals surface area (Å²) in [4.78, 5) is 0. The van der Waals surface area contributed by atoms with E-state index in [2.05, 4.69) is 20.9 Å². The number of azo groups is 1. The number of rotatable bonds is 4. The van der Waals surface area contributed by atoms with Crippen LogP contribution in [0.2, 0.25) is 0 Å². The predicted octanol–water partition coefficient (Wildman–Crippen LogP) is 3.89. The number of benzene rings is 2. The van der Waals surface area contributed by atoms with Gasteiger partial charge in [-0.25, -0.2) is 0 Å². The molecule has 0 radical (unpaired) electrons. The molecule has 0 aliphatic carbocycles. The third kappa shape index (κ3) is 3.09. The number of nitrogens with one attached hydrogen (secondary N) is 2. The number of hydrogen-bond donors (Lipinski definition) is 2. The maximum absolute atomic E-state index is 8.66. The summed E-state index contributed by atoms with van der Waals surface area (Å²) in [6.45, 7) is 0. The van der Waals surface area contributed by atoms with Crippen LogP contribution >= 0.6 is 0 Å². The minimum absolute atomic E-state index is 0.542. The molecule has 6 nitrogen and oxygen atoms in total. The molecule has 2 N–H and O–H groups in total. The smallest absolute Gasteiger partial charge is 0.181 e. The van der Waals surface area contributed by atoms with Gasteiger partial charge in [-0.05, 0) is 24.3 Å². The Morgan fingerprint density at radius 2 is 1.10 bits per heavy atom. The molecule has 2 rings (SSSR count). The van der Waals surface area contributed by atoms with E-state index in [4.69, 9.17) is 10.5 Å². The first kappa shape index (κ1) is 13.1. The molecule has 0 unspecified atom stereocenters. The lowest BCUT2D eigenvalue weighted by Gasteiger charge is -2.02. The van der Waals surface area contributed by atoms with Gasteiger partial charge < -0.3 is 0 Å². The highest BCUT2D eigenvalue weighted by molar-refractivity contribution is 5.69. The highest BCUT2D eigenvalue weighted by atomic mass is 15.1. The van der Waals surface area contributed by atoms with Crippen molar-refractivity contribution in [3.05, 3.63) is 48.5 Å². The van der Waals surface area contributed by atoms with Crippen LogP contribution in [0.25, 0.3) is 0 Å². The van der Waals surface area contributed by atoms with Gasteiger partial charge in [-0.2, -0.15) is 10.5 Å². The van der Waals surface area contributed by atoms with Crippen molar-refractivity contribution in [3.63, 3.8) is 0 Å². The summed E-state index contributed by atoms with van der Waals surface area (Å²) in [5.41, 5.74) is 2.23. The Labute approximate surface area is 116 Å². The maximum Gasteiger partial charge on any atom is 0.181 e. The zero-order valence-corrected chi connectivity index (χ0v) is 10.4. The molecule has 0 fully saturated rings. The Morgan fingerprint density at radius 3 is 1.50 bits per heavy atom. The van der Waals surface area contributed by atoms with Crippen molar-refractivity contribution in [2.45, 2.75) is 0 Å². The van der Waals surface area contributed by atoms with Crippen LogP contribution in [0, 0.1) is 22.9 Å². The number of nitriles is 2. The van der Waals surface area contributed by atoms with Crippen molar-refractivity contribution in [1.29, 1.82) is 10.5 Å². The highest BCUT2D eigenvalue weighted by Crippen LogP contribution is 2.29. The van der Waals surface area contributed by atoms with Crippen LogP contribution in [0.5, 0.6) is 0 Å². The van der Waals surface area contributed by atoms with E-state index in [1.54, 1.807) is 48.5 Å². The molecule has 0 aromatic heterocycles. The summed E-state index contributed by atoms with van der Waals surface area (Å²) >= 11 is 0. The van der Waals surface area contributed by atoms with E-state index < -0.39 is 0 Å². The van der Waals surface area contributed by atoms with E-state index >= 15 is 0 Å². The van der Waals surface area contributed by atoms with E-state index in [0.717, 1.165) is 0 Å². The molecular formula is C14H10N6.